The van der Waals surface area contributed by atoms with Gasteiger partial charge in [0.25, 0.3) is 5.91 Å². The lowest BCUT2D eigenvalue weighted by Crippen LogP contribution is -2.19. The van der Waals surface area contributed by atoms with Gasteiger partial charge in [-0.3, -0.25) is 4.79 Å². The first kappa shape index (κ1) is 20.2. The molecule has 0 spiro atoms. The predicted octanol–water partition coefficient (Wildman–Crippen LogP) is 6.01. The highest BCUT2D eigenvalue weighted by atomic mass is 35.5. The van der Waals surface area contributed by atoms with Crippen LogP contribution in [0.2, 0.25) is 15.1 Å². The van der Waals surface area contributed by atoms with Gasteiger partial charge in [0.15, 0.2) is 4.34 Å². The van der Waals surface area contributed by atoms with Gasteiger partial charge in [0, 0.05) is 21.5 Å². The van der Waals surface area contributed by atoms with Crippen molar-refractivity contribution in [1.82, 2.24) is 10.4 Å². The Labute approximate surface area is 179 Å². The summed E-state index contributed by atoms with van der Waals surface area (Å²) in [6.45, 7) is 0. The standard InChI is InChI=1S/C18H12Cl3N3OS2/c19-12-6-4-11(5-7-12)16-9-26-18(23-16)27-10-17(25)24-22-8-13-14(20)2-1-3-15(13)21/h1-9H,10H2,(H,24,25)/b22-8+. The number of hydrogen-bond donors (Lipinski definition) is 1. The van der Waals surface area contributed by atoms with Gasteiger partial charge in [-0.25, -0.2) is 10.4 Å². The van der Waals surface area contributed by atoms with Crippen molar-refractivity contribution in [1.29, 1.82) is 0 Å². The maximum Gasteiger partial charge on any atom is 0.250 e. The summed E-state index contributed by atoms with van der Waals surface area (Å²) in [6, 6.07) is 12.6. The smallest absolute Gasteiger partial charge is 0.250 e. The number of hydrogen-bond acceptors (Lipinski definition) is 5. The lowest BCUT2D eigenvalue weighted by Gasteiger charge is -2.01. The number of carbonyl (C=O) groups is 1. The van der Waals surface area contributed by atoms with Gasteiger partial charge in [-0.15, -0.1) is 11.3 Å². The second-order valence-corrected chi connectivity index (χ2v) is 8.55. The highest BCUT2D eigenvalue weighted by Crippen LogP contribution is 2.28. The van der Waals surface area contributed by atoms with E-state index >= 15 is 0 Å². The summed E-state index contributed by atoms with van der Waals surface area (Å²) >= 11 is 20.8. The number of hydrazone groups is 1. The first-order valence-corrected chi connectivity index (χ1v) is 10.6. The van der Waals surface area contributed by atoms with Crippen LogP contribution < -0.4 is 5.43 Å². The molecule has 27 heavy (non-hydrogen) atoms. The predicted molar refractivity (Wildman–Crippen MR) is 115 cm³/mol. The Kier molecular flexibility index (Phi) is 7.15. The topological polar surface area (TPSA) is 54.4 Å². The van der Waals surface area contributed by atoms with Crippen LogP contribution >= 0.6 is 57.9 Å². The molecule has 138 valence electrons. The highest BCUT2D eigenvalue weighted by Gasteiger charge is 2.08. The van der Waals surface area contributed by atoms with Gasteiger partial charge >= 0.3 is 0 Å². The zero-order chi connectivity index (χ0) is 19.2. The summed E-state index contributed by atoms with van der Waals surface area (Å²) < 4.78 is 0.799. The largest absolute Gasteiger partial charge is 0.272 e. The lowest BCUT2D eigenvalue weighted by molar-refractivity contribution is -0.118. The molecule has 3 rings (SSSR count). The lowest BCUT2D eigenvalue weighted by atomic mass is 10.2. The van der Waals surface area contributed by atoms with Crippen LogP contribution in [0.5, 0.6) is 0 Å². The third-order valence-corrected chi connectivity index (χ3v) is 6.26. The van der Waals surface area contributed by atoms with Gasteiger partial charge in [-0.2, -0.15) is 5.10 Å². The number of nitrogens with one attached hydrogen (secondary N) is 1. The van der Waals surface area contributed by atoms with Gasteiger partial charge in [0.05, 0.1) is 27.7 Å². The van der Waals surface area contributed by atoms with Crippen molar-refractivity contribution in [2.75, 3.05) is 5.75 Å². The molecule has 0 bridgehead atoms. The molecule has 0 fully saturated rings. The molecule has 0 saturated heterocycles. The van der Waals surface area contributed by atoms with Crippen LogP contribution in [-0.4, -0.2) is 22.9 Å². The normalized spacial score (nSPS) is 11.1. The minimum atomic E-state index is -0.248. The third kappa shape index (κ3) is 5.70. The summed E-state index contributed by atoms with van der Waals surface area (Å²) in [4.78, 5) is 16.5. The summed E-state index contributed by atoms with van der Waals surface area (Å²) in [6.07, 6.45) is 1.43. The summed E-state index contributed by atoms with van der Waals surface area (Å²) in [5, 5.41) is 7.46. The van der Waals surface area contributed by atoms with Crippen molar-refractivity contribution >= 4 is 70.0 Å². The monoisotopic (exact) mass is 455 g/mol. The number of benzene rings is 2. The summed E-state index contributed by atoms with van der Waals surface area (Å²) in [7, 11) is 0. The van der Waals surface area contributed by atoms with E-state index in [9.17, 15) is 4.79 Å². The Morgan fingerprint density at radius 1 is 1.15 bits per heavy atom. The fourth-order valence-corrected chi connectivity index (χ4v) is 4.29. The molecule has 1 aromatic heterocycles. The number of halogens is 3. The number of amides is 1. The third-order valence-electron chi connectivity index (χ3n) is 3.33. The Balaban J connectivity index is 1.52. The van der Waals surface area contributed by atoms with Crippen molar-refractivity contribution < 1.29 is 4.79 Å². The minimum absolute atomic E-state index is 0.196. The molecule has 4 nitrogen and oxygen atoms in total. The molecule has 0 radical (unpaired) electrons. The highest BCUT2D eigenvalue weighted by molar-refractivity contribution is 8.01. The molecule has 0 aliphatic carbocycles. The fourth-order valence-electron chi connectivity index (χ4n) is 2.04. The van der Waals surface area contributed by atoms with Crippen molar-refractivity contribution in [3.8, 4) is 11.3 Å². The van der Waals surface area contributed by atoms with E-state index < -0.39 is 0 Å². The molecule has 1 amide bonds. The molecule has 0 aliphatic rings. The molecule has 0 unspecified atom stereocenters. The van der Waals surface area contributed by atoms with E-state index in [1.54, 1.807) is 18.2 Å². The Bertz CT molecular complexity index is 954. The van der Waals surface area contributed by atoms with E-state index in [-0.39, 0.29) is 11.7 Å². The number of thiazole rings is 1. The zero-order valence-electron chi connectivity index (χ0n) is 13.7. The summed E-state index contributed by atoms with van der Waals surface area (Å²) in [5.41, 5.74) is 4.84. The molecule has 1 heterocycles. The second-order valence-electron chi connectivity index (χ2n) is 5.22. The van der Waals surface area contributed by atoms with Gasteiger partial charge in [-0.1, -0.05) is 64.8 Å². The molecular weight excluding hydrogens is 445 g/mol. The van der Waals surface area contributed by atoms with E-state index in [1.807, 2.05) is 29.6 Å². The van der Waals surface area contributed by atoms with Crippen molar-refractivity contribution in [2.45, 2.75) is 4.34 Å². The Morgan fingerprint density at radius 3 is 2.56 bits per heavy atom. The Hall–Kier alpha value is -1.57. The van der Waals surface area contributed by atoms with Gasteiger partial charge in [0.2, 0.25) is 0 Å². The first-order valence-electron chi connectivity index (χ1n) is 7.63. The van der Waals surface area contributed by atoms with Crippen LogP contribution in [0.4, 0.5) is 0 Å². The SMILES string of the molecule is O=C(CSc1nc(-c2ccc(Cl)cc2)cs1)N/N=C/c1c(Cl)cccc1Cl. The van der Waals surface area contributed by atoms with Crippen LogP contribution in [0.3, 0.4) is 0 Å². The van der Waals surface area contributed by atoms with E-state index in [2.05, 4.69) is 15.5 Å². The first-order chi connectivity index (χ1) is 13.0. The molecule has 1 N–H and O–H groups in total. The number of carbonyl (C=O) groups excluding carboxylic acids is 1. The average molecular weight is 457 g/mol. The molecule has 0 aliphatic heterocycles. The van der Waals surface area contributed by atoms with Crippen LogP contribution in [0.15, 0.2) is 57.3 Å². The van der Waals surface area contributed by atoms with E-state index in [0.717, 1.165) is 15.6 Å². The van der Waals surface area contributed by atoms with Crippen LogP contribution in [-0.2, 0) is 4.79 Å². The van der Waals surface area contributed by atoms with Crippen LogP contribution in [0, 0.1) is 0 Å². The van der Waals surface area contributed by atoms with Gasteiger partial charge in [-0.05, 0) is 24.3 Å². The van der Waals surface area contributed by atoms with Crippen molar-refractivity contribution in [3.63, 3.8) is 0 Å². The van der Waals surface area contributed by atoms with Crippen molar-refractivity contribution in [3.05, 3.63) is 68.5 Å². The van der Waals surface area contributed by atoms with Gasteiger partial charge < -0.3 is 0 Å². The quantitative estimate of drug-likeness (QED) is 0.280. The zero-order valence-corrected chi connectivity index (χ0v) is 17.6. The van der Waals surface area contributed by atoms with E-state index in [4.69, 9.17) is 34.8 Å². The maximum absolute atomic E-state index is 11.9. The molecular formula is C18H12Cl3N3OS2. The maximum atomic E-state index is 11.9. The Morgan fingerprint density at radius 2 is 1.85 bits per heavy atom. The second kappa shape index (κ2) is 9.57. The number of rotatable bonds is 6. The number of nitrogens with zero attached hydrogens (tertiary/aromatic N) is 2. The average Bonchev–Trinajstić information content (AvgIpc) is 3.12. The minimum Gasteiger partial charge on any atom is -0.272 e. The molecule has 3 aromatic rings. The van der Waals surface area contributed by atoms with E-state index in [0.29, 0.717) is 20.6 Å². The number of thioether (sulfide) groups is 1. The summed E-state index contributed by atoms with van der Waals surface area (Å²) in [5.74, 6) is -0.0519. The van der Waals surface area contributed by atoms with Crippen molar-refractivity contribution in [2.24, 2.45) is 5.10 Å². The van der Waals surface area contributed by atoms with Crippen LogP contribution in [0.25, 0.3) is 11.3 Å². The molecule has 9 heteroatoms. The van der Waals surface area contributed by atoms with Gasteiger partial charge in [0.1, 0.15) is 0 Å². The number of aromatic nitrogens is 1. The fraction of sp³-hybridized carbons (Fsp3) is 0.0556. The van der Waals surface area contributed by atoms with E-state index in [1.165, 1.54) is 29.3 Å². The van der Waals surface area contributed by atoms with Crippen LogP contribution in [0.1, 0.15) is 5.56 Å². The molecule has 0 atom stereocenters. The molecule has 2 aromatic carbocycles. The molecule has 0 saturated carbocycles.